The molecule has 1 aliphatic carbocycles. The molecule has 0 spiro atoms. The third-order valence-corrected chi connectivity index (χ3v) is 6.49. The number of hydrogen-bond acceptors (Lipinski definition) is 3. The van der Waals surface area contributed by atoms with Crippen LogP contribution in [0.2, 0.25) is 0 Å². The minimum absolute atomic E-state index is 0.119. The molecule has 0 N–H and O–H groups in total. The lowest BCUT2D eigenvalue weighted by Gasteiger charge is -2.43. The van der Waals surface area contributed by atoms with E-state index >= 15 is 0 Å². The quantitative estimate of drug-likeness (QED) is 0.158. The van der Waals surface area contributed by atoms with E-state index in [1.807, 2.05) is 0 Å². The second kappa shape index (κ2) is 13.6. The molecule has 3 heteroatoms. The third kappa shape index (κ3) is 9.00. The summed E-state index contributed by atoms with van der Waals surface area (Å²) in [6, 6.07) is 0. The van der Waals surface area contributed by atoms with Crippen molar-refractivity contribution < 1.29 is 14.2 Å². The van der Waals surface area contributed by atoms with Crippen molar-refractivity contribution >= 4 is 0 Å². The van der Waals surface area contributed by atoms with E-state index in [2.05, 4.69) is 13.5 Å². The molecule has 2 rings (SSSR count). The Morgan fingerprint density at radius 1 is 0.963 bits per heavy atom. The summed E-state index contributed by atoms with van der Waals surface area (Å²) >= 11 is 0. The number of hydrogen-bond donors (Lipinski definition) is 0. The molecular formula is C24H44O3. The summed E-state index contributed by atoms with van der Waals surface area (Å²) in [4.78, 5) is 0. The monoisotopic (exact) mass is 380 g/mol. The van der Waals surface area contributed by atoms with Crippen molar-refractivity contribution in [1.82, 2.24) is 0 Å². The van der Waals surface area contributed by atoms with Crippen molar-refractivity contribution in [3.8, 4) is 0 Å². The first-order chi connectivity index (χ1) is 13.3. The zero-order valence-corrected chi connectivity index (χ0v) is 17.9. The maximum absolute atomic E-state index is 6.74. The molecule has 158 valence electrons. The third-order valence-electron chi connectivity index (χ3n) is 6.49. The van der Waals surface area contributed by atoms with Crippen LogP contribution >= 0.6 is 0 Å². The second-order valence-corrected chi connectivity index (χ2v) is 8.68. The molecular weight excluding hydrogens is 336 g/mol. The summed E-state index contributed by atoms with van der Waals surface area (Å²) in [5.41, 5.74) is 0.119. The van der Waals surface area contributed by atoms with Crippen molar-refractivity contribution in [3.63, 3.8) is 0 Å². The molecule has 0 aromatic rings. The Hall–Kier alpha value is -0.540. The van der Waals surface area contributed by atoms with Gasteiger partial charge < -0.3 is 14.2 Å². The first-order valence-corrected chi connectivity index (χ1v) is 11.8. The van der Waals surface area contributed by atoms with Gasteiger partial charge in [-0.25, -0.2) is 0 Å². The average Bonchev–Trinajstić information content (AvgIpc) is 3.53. The Balaban J connectivity index is 1.83. The van der Waals surface area contributed by atoms with Crippen LogP contribution in [0.15, 0.2) is 12.8 Å². The van der Waals surface area contributed by atoms with Crippen LogP contribution in [0.3, 0.4) is 0 Å². The van der Waals surface area contributed by atoms with E-state index < -0.39 is 0 Å². The van der Waals surface area contributed by atoms with Gasteiger partial charge in [-0.1, -0.05) is 77.7 Å². The largest absolute Gasteiger partial charge is 0.502 e. The molecule has 0 aromatic carbocycles. The SMILES string of the molecule is C=COCCCCCCCC(CCCCC)(OCC1CO1)C1CCCCC1. The summed E-state index contributed by atoms with van der Waals surface area (Å²) in [5, 5.41) is 0. The van der Waals surface area contributed by atoms with Gasteiger partial charge in [-0.05, 0) is 38.0 Å². The molecule has 1 saturated heterocycles. The Morgan fingerprint density at radius 3 is 2.30 bits per heavy atom. The van der Waals surface area contributed by atoms with Crippen LogP contribution in [-0.2, 0) is 14.2 Å². The molecule has 0 bridgehead atoms. The van der Waals surface area contributed by atoms with Gasteiger partial charge in [0.1, 0.15) is 6.10 Å². The van der Waals surface area contributed by atoms with Crippen LogP contribution in [-0.4, -0.2) is 31.5 Å². The fourth-order valence-corrected chi connectivity index (χ4v) is 4.74. The van der Waals surface area contributed by atoms with E-state index in [-0.39, 0.29) is 5.60 Å². The Kier molecular flexibility index (Phi) is 11.5. The molecule has 0 amide bonds. The van der Waals surface area contributed by atoms with Crippen LogP contribution in [0.1, 0.15) is 103 Å². The summed E-state index contributed by atoms with van der Waals surface area (Å²) in [6.07, 6.45) is 21.7. The molecule has 2 fully saturated rings. The summed E-state index contributed by atoms with van der Waals surface area (Å²) in [7, 11) is 0. The molecule has 3 nitrogen and oxygen atoms in total. The standard InChI is InChI=1S/C24H44O3/c1-3-5-12-17-24(27-21-23-20-26-23,22-15-10-9-11-16-22)18-13-7-6-8-14-19-25-4-2/h4,22-23H,2-3,5-21H2,1H3. The Labute approximate surface area is 168 Å². The van der Waals surface area contributed by atoms with E-state index in [0.29, 0.717) is 6.10 Å². The zero-order valence-electron chi connectivity index (χ0n) is 17.9. The lowest BCUT2D eigenvalue weighted by atomic mass is 9.71. The number of ether oxygens (including phenoxy) is 3. The van der Waals surface area contributed by atoms with Gasteiger partial charge in [0.15, 0.2) is 0 Å². The van der Waals surface area contributed by atoms with E-state index in [9.17, 15) is 0 Å². The van der Waals surface area contributed by atoms with Crippen LogP contribution in [0.4, 0.5) is 0 Å². The minimum Gasteiger partial charge on any atom is -0.502 e. The van der Waals surface area contributed by atoms with Crippen LogP contribution in [0, 0.1) is 5.92 Å². The smallest absolute Gasteiger partial charge is 0.104 e. The van der Waals surface area contributed by atoms with Gasteiger partial charge in [0.25, 0.3) is 0 Å². The van der Waals surface area contributed by atoms with Crippen molar-refractivity contribution in [3.05, 3.63) is 12.8 Å². The molecule has 1 heterocycles. The topological polar surface area (TPSA) is 31.0 Å². The van der Waals surface area contributed by atoms with Gasteiger partial charge in [0.05, 0.1) is 31.7 Å². The molecule has 0 aromatic heterocycles. The fraction of sp³-hybridized carbons (Fsp3) is 0.917. The van der Waals surface area contributed by atoms with E-state index in [1.54, 1.807) is 6.26 Å². The van der Waals surface area contributed by atoms with Gasteiger partial charge in [0.2, 0.25) is 0 Å². The zero-order chi connectivity index (χ0) is 19.2. The number of unbranched alkanes of at least 4 members (excludes halogenated alkanes) is 6. The van der Waals surface area contributed by atoms with Crippen LogP contribution < -0.4 is 0 Å². The highest BCUT2D eigenvalue weighted by molar-refractivity contribution is 4.91. The summed E-state index contributed by atoms with van der Waals surface area (Å²) in [6.45, 7) is 8.44. The Morgan fingerprint density at radius 2 is 1.63 bits per heavy atom. The average molecular weight is 381 g/mol. The van der Waals surface area contributed by atoms with Crippen molar-refractivity contribution in [2.75, 3.05) is 19.8 Å². The first-order valence-electron chi connectivity index (χ1n) is 11.8. The highest BCUT2D eigenvalue weighted by Crippen LogP contribution is 2.42. The highest BCUT2D eigenvalue weighted by atomic mass is 16.6. The highest BCUT2D eigenvalue weighted by Gasteiger charge is 2.40. The maximum atomic E-state index is 6.74. The maximum Gasteiger partial charge on any atom is 0.104 e. The molecule has 2 atom stereocenters. The number of rotatable bonds is 17. The predicted octanol–water partition coefficient (Wildman–Crippen LogP) is 6.80. The number of epoxide rings is 1. The van der Waals surface area contributed by atoms with Crippen molar-refractivity contribution in [2.45, 2.75) is 115 Å². The van der Waals surface area contributed by atoms with Gasteiger partial charge in [0, 0.05) is 0 Å². The van der Waals surface area contributed by atoms with Gasteiger partial charge >= 0.3 is 0 Å². The molecule has 27 heavy (non-hydrogen) atoms. The van der Waals surface area contributed by atoms with E-state index in [1.165, 1.54) is 89.9 Å². The second-order valence-electron chi connectivity index (χ2n) is 8.68. The van der Waals surface area contributed by atoms with Gasteiger partial charge in [-0.15, -0.1) is 0 Å². The summed E-state index contributed by atoms with van der Waals surface area (Å²) in [5.74, 6) is 0.767. The summed E-state index contributed by atoms with van der Waals surface area (Å²) < 4.78 is 17.4. The van der Waals surface area contributed by atoms with Gasteiger partial charge in [-0.2, -0.15) is 0 Å². The van der Waals surface area contributed by atoms with Crippen LogP contribution in [0.25, 0.3) is 0 Å². The van der Waals surface area contributed by atoms with Crippen molar-refractivity contribution in [1.29, 1.82) is 0 Å². The minimum atomic E-state index is 0.119. The molecule has 2 unspecified atom stereocenters. The van der Waals surface area contributed by atoms with E-state index in [0.717, 1.165) is 32.2 Å². The van der Waals surface area contributed by atoms with E-state index in [4.69, 9.17) is 14.2 Å². The molecule has 1 aliphatic heterocycles. The normalized spacial score (nSPS) is 22.3. The predicted molar refractivity (Wildman–Crippen MR) is 113 cm³/mol. The molecule has 2 aliphatic rings. The fourth-order valence-electron chi connectivity index (χ4n) is 4.74. The lowest BCUT2D eigenvalue weighted by molar-refractivity contribution is -0.114. The lowest BCUT2D eigenvalue weighted by Crippen LogP contribution is -2.43. The van der Waals surface area contributed by atoms with Gasteiger partial charge in [-0.3, -0.25) is 0 Å². The van der Waals surface area contributed by atoms with Crippen LogP contribution in [0.5, 0.6) is 0 Å². The Bertz CT molecular complexity index is 374. The first kappa shape index (κ1) is 22.7. The molecule has 0 radical (unpaired) electrons. The van der Waals surface area contributed by atoms with Crippen molar-refractivity contribution in [2.24, 2.45) is 5.92 Å². The molecule has 1 saturated carbocycles.